The molecule has 0 spiro atoms. The van der Waals surface area contributed by atoms with Gasteiger partial charge in [-0.2, -0.15) is 11.8 Å². The molecule has 0 aliphatic carbocycles. The predicted octanol–water partition coefficient (Wildman–Crippen LogP) is 2.59. The van der Waals surface area contributed by atoms with Crippen LogP contribution in [-0.4, -0.2) is 18.3 Å². The highest BCUT2D eigenvalue weighted by Gasteiger charge is 2.14. The molecule has 76 valence electrons. The third-order valence-electron chi connectivity index (χ3n) is 2.75. The fourth-order valence-corrected chi connectivity index (χ4v) is 3.01. The van der Waals surface area contributed by atoms with Gasteiger partial charge in [0.25, 0.3) is 0 Å². The molecule has 1 aliphatic heterocycles. The van der Waals surface area contributed by atoms with E-state index in [0.717, 1.165) is 5.25 Å². The SMILES string of the molecule is Cc1ccccc1CSC1CCNC1. The smallest absolute Gasteiger partial charge is 0.0190 e. The Hall–Kier alpha value is -0.470. The maximum absolute atomic E-state index is 3.40. The van der Waals surface area contributed by atoms with E-state index < -0.39 is 0 Å². The van der Waals surface area contributed by atoms with Crippen molar-refractivity contribution < 1.29 is 0 Å². The van der Waals surface area contributed by atoms with Crippen LogP contribution in [0.3, 0.4) is 0 Å². The zero-order chi connectivity index (χ0) is 9.80. The molecule has 14 heavy (non-hydrogen) atoms. The summed E-state index contributed by atoms with van der Waals surface area (Å²) in [5, 5.41) is 4.23. The van der Waals surface area contributed by atoms with Crippen molar-refractivity contribution in [3.8, 4) is 0 Å². The molecule has 1 unspecified atom stereocenters. The Bertz CT molecular complexity index is 292. The van der Waals surface area contributed by atoms with E-state index in [1.54, 1.807) is 0 Å². The lowest BCUT2D eigenvalue weighted by molar-refractivity contribution is 0.858. The molecule has 2 heteroatoms. The zero-order valence-corrected chi connectivity index (χ0v) is 9.44. The predicted molar refractivity (Wildman–Crippen MR) is 63.7 cm³/mol. The van der Waals surface area contributed by atoms with Crippen molar-refractivity contribution in [2.75, 3.05) is 13.1 Å². The maximum atomic E-state index is 3.40. The van der Waals surface area contributed by atoms with Crippen molar-refractivity contribution >= 4 is 11.8 Å². The molecule has 1 aromatic carbocycles. The summed E-state index contributed by atoms with van der Waals surface area (Å²) in [5.74, 6) is 1.17. The van der Waals surface area contributed by atoms with Crippen LogP contribution in [0.4, 0.5) is 0 Å². The molecule has 0 aromatic heterocycles. The molecule has 1 fully saturated rings. The van der Waals surface area contributed by atoms with Crippen LogP contribution < -0.4 is 5.32 Å². The van der Waals surface area contributed by atoms with E-state index in [4.69, 9.17) is 0 Å². The second-order valence-electron chi connectivity index (χ2n) is 3.85. The van der Waals surface area contributed by atoms with Crippen molar-refractivity contribution in [2.45, 2.75) is 24.3 Å². The first kappa shape index (κ1) is 10.1. The number of hydrogen-bond acceptors (Lipinski definition) is 2. The first-order valence-electron chi connectivity index (χ1n) is 5.23. The summed E-state index contributed by atoms with van der Waals surface area (Å²) >= 11 is 2.09. The normalized spacial score (nSPS) is 21.4. The molecular formula is C12H17NS. The van der Waals surface area contributed by atoms with Gasteiger partial charge in [0.1, 0.15) is 0 Å². The molecule has 1 nitrogen and oxygen atoms in total. The van der Waals surface area contributed by atoms with E-state index in [2.05, 4.69) is 48.3 Å². The summed E-state index contributed by atoms with van der Waals surface area (Å²) in [4.78, 5) is 0. The van der Waals surface area contributed by atoms with Crippen LogP contribution in [0.25, 0.3) is 0 Å². The first-order chi connectivity index (χ1) is 6.86. The zero-order valence-electron chi connectivity index (χ0n) is 8.62. The first-order valence-corrected chi connectivity index (χ1v) is 6.28. The Balaban J connectivity index is 1.88. The lowest BCUT2D eigenvalue weighted by Crippen LogP contribution is -2.10. The molecule has 0 saturated carbocycles. The van der Waals surface area contributed by atoms with Crippen LogP contribution in [0.5, 0.6) is 0 Å². The molecule has 1 heterocycles. The van der Waals surface area contributed by atoms with Crippen LogP contribution in [0.15, 0.2) is 24.3 Å². The lowest BCUT2D eigenvalue weighted by atomic mass is 10.1. The van der Waals surface area contributed by atoms with Crippen LogP contribution >= 0.6 is 11.8 Å². The van der Waals surface area contributed by atoms with Crippen molar-refractivity contribution in [1.29, 1.82) is 0 Å². The van der Waals surface area contributed by atoms with Gasteiger partial charge in [-0.05, 0) is 31.0 Å². The van der Waals surface area contributed by atoms with E-state index >= 15 is 0 Å². The van der Waals surface area contributed by atoms with Crippen molar-refractivity contribution in [3.05, 3.63) is 35.4 Å². The van der Waals surface area contributed by atoms with E-state index in [0.29, 0.717) is 0 Å². The number of thioether (sulfide) groups is 1. The van der Waals surface area contributed by atoms with Gasteiger partial charge >= 0.3 is 0 Å². The van der Waals surface area contributed by atoms with Crippen LogP contribution in [-0.2, 0) is 5.75 Å². The maximum Gasteiger partial charge on any atom is 0.0190 e. The van der Waals surface area contributed by atoms with Gasteiger partial charge in [-0.25, -0.2) is 0 Å². The monoisotopic (exact) mass is 207 g/mol. The highest BCUT2D eigenvalue weighted by atomic mass is 32.2. The van der Waals surface area contributed by atoms with Gasteiger partial charge in [0.05, 0.1) is 0 Å². The molecule has 1 N–H and O–H groups in total. The van der Waals surface area contributed by atoms with Gasteiger partial charge in [0, 0.05) is 17.5 Å². The summed E-state index contributed by atoms with van der Waals surface area (Å²) in [6.45, 7) is 4.59. The largest absolute Gasteiger partial charge is 0.316 e. The Morgan fingerprint density at radius 1 is 1.43 bits per heavy atom. The Labute approximate surface area is 90.3 Å². The van der Waals surface area contributed by atoms with Gasteiger partial charge in [0.2, 0.25) is 0 Å². The van der Waals surface area contributed by atoms with Crippen LogP contribution in [0, 0.1) is 6.92 Å². The van der Waals surface area contributed by atoms with Gasteiger partial charge < -0.3 is 5.32 Å². The van der Waals surface area contributed by atoms with Crippen LogP contribution in [0.1, 0.15) is 17.5 Å². The quantitative estimate of drug-likeness (QED) is 0.817. The second-order valence-corrected chi connectivity index (χ2v) is 5.14. The van der Waals surface area contributed by atoms with E-state index in [1.807, 2.05) is 0 Å². The molecule has 1 saturated heterocycles. The van der Waals surface area contributed by atoms with Crippen molar-refractivity contribution in [3.63, 3.8) is 0 Å². The minimum Gasteiger partial charge on any atom is -0.316 e. The fraction of sp³-hybridized carbons (Fsp3) is 0.500. The molecule has 1 aromatic rings. The Morgan fingerprint density at radius 3 is 3.00 bits per heavy atom. The minimum atomic E-state index is 0.828. The molecule has 0 radical (unpaired) electrons. The van der Waals surface area contributed by atoms with Gasteiger partial charge in [-0.3, -0.25) is 0 Å². The standard InChI is InChI=1S/C12H17NS/c1-10-4-2-3-5-11(10)9-14-12-6-7-13-8-12/h2-5,12-13H,6-9H2,1H3. The highest BCUT2D eigenvalue weighted by Crippen LogP contribution is 2.23. The third-order valence-corrected chi connectivity index (χ3v) is 4.10. The van der Waals surface area contributed by atoms with E-state index in [-0.39, 0.29) is 0 Å². The summed E-state index contributed by atoms with van der Waals surface area (Å²) in [6, 6.07) is 8.68. The third kappa shape index (κ3) is 2.52. The number of rotatable bonds is 3. The number of hydrogen-bond donors (Lipinski definition) is 1. The molecule has 1 atom stereocenters. The second kappa shape index (κ2) is 4.85. The highest BCUT2D eigenvalue weighted by molar-refractivity contribution is 7.99. The van der Waals surface area contributed by atoms with Crippen LogP contribution in [0.2, 0.25) is 0 Å². The average molecular weight is 207 g/mol. The topological polar surface area (TPSA) is 12.0 Å². The van der Waals surface area contributed by atoms with Crippen molar-refractivity contribution in [1.82, 2.24) is 5.32 Å². The summed E-state index contributed by atoms with van der Waals surface area (Å²) in [5.41, 5.74) is 2.91. The number of nitrogens with one attached hydrogen (secondary N) is 1. The van der Waals surface area contributed by atoms with Gasteiger partial charge in [-0.15, -0.1) is 0 Å². The van der Waals surface area contributed by atoms with Crippen molar-refractivity contribution in [2.24, 2.45) is 0 Å². The average Bonchev–Trinajstić information content (AvgIpc) is 2.69. The van der Waals surface area contributed by atoms with Gasteiger partial charge in [-0.1, -0.05) is 24.3 Å². The molecule has 0 amide bonds. The Morgan fingerprint density at radius 2 is 2.29 bits per heavy atom. The fourth-order valence-electron chi connectivity index (χ4n) is 1.75. The molecular weight excluding hydrogens is 190 g/mol. The number of benzene rings is 1. The van der Waals surface area contributed by atoms with Gasteiger partial charge in [0.15, 0.2) is 0 Å². The summed E-state index contributed by atoms with van der Waals surface area (Å²) in [6.07, 6.45) is 1.33. The summed E-state index contributed by atoms with van der Waals surface area (Å²) in [7, 11) is 0. The van der Waals surface area contributed by atoms with E-state index in [9.17, 15) is 0 Å². The summed E-state index contributed by atoms with van der Waals surface area (Å²) < 4.78 is 0. The molecule has 0 bridgehead atoms. The lowest BCUT2D eigenvalue weighted by Gasteiger charge is -2.09. The minimum absolute atomic E-state index is 0.828. The molecule has 2 rings (SSSR count). The van der Waals surface area contributed by atoms with E-state index in [1.165, 1.54) is 36.4 Å². The number of aryl methyl sites for hydroxylation is 1. The molecule has 1 aliphatic rings. The Kier molecular flexibility index (Phi) is 3.49.